The molecule has 0 unspecified atom stereocenters. The molecule has 8 heteroatoms. The van der Waals surface area contributed by atoms with E-state index in [1.165, 1.54) is 6.33 Å². The van der Waals surface area contributed by atoms with Crippen LogP contribution in [-0.2, 0) is 4.74 Å². The third-order valence-corrected chi connectivity index (χ3v) is 2.07. The highest BCUT2D eigenvalue weighted by Crippen LogP contribution is 2.30. The molecule has 1 aromatic heterocycles. The summed E-state index contributed by atoms with van der Waals surface area (Å²) in [5.74, 6) is 0.140. The van der Waals surface area contributed by atoms with E-state index in [1.807, 2.05) is 0 Å². The molecule has 1 heterocycles. The first-order valence-corrected chi connectivity index (χ1v) is 5.55. The molecule has 0 saturated carbocycles. The molecule has 0 bridgehead atoms. The van der Waals surface area contributed by atoms with Gasteiger partial charge in [0.25, 0.3) is 5.88 Å². The molecule has 0 fully saturated rings. The van der Waals surface area contributed by atoms with Crippen molar-refractivity contribution < 1.29 is 14.4 Å². The van der Waals surface area contributed by atoms with Gasteiger partial charge in [-0.3, -0.25) is 10.1 Å². The van der Waals surface area contributed by atoms with E-state index in [9.17, 15) is 10.1 Å². The maximum atomic E-state index is 11.0. The molecule has 0 aliphatic heterocycles. The topological polar surface area (TPSA) is 99.4 Å². The smallest absolute Gasteiger partial charge is 0.372 e. The first-order chi connectivity index (χ1) is 8.70. The average Bonchev–Trinajstić information content (AvgIpc) is 2.35. The van der Waals surface area contributed by atoms with Gasteiger partial charge in [-0.05, 0) is 13.3 Å². The fourth-order valence-electron chi connectivity index (χ4n) is 1.32. The van der Waals surface area contributed by atoms with E-state index in [1.54, 1.807) is 14.0 Å². The fraction of sp³-hybridized carbons (Fsp3) is 0.600. The number of methoxy groups -OCH3 is 1. The van der Waals surface area contributed by atoms with Gasteiger partial charge in [0.1, 0.15) is 6.33 Å². The molecular weight excluding hydrogens is 240 g/mol. The van der Waals surface area contributed by atoms with Crippen LogP contribution < -0.4 is 10.1 Å². The van der Waals surface area contributed by atoms with E-state index >= 15 is 0 Å². The Labute approximate surface area is 104 Å². The lowest BCUT2D eigenvalue weighted by Gasteiger charge is -2.08. The highest BCUT2D eigenvalue weighted by Gasteiger charge is 2.23. The van der Waals surface area contributed by atoms with Crippen LogP contribution in [-0.4, -0.2) is 41.8 Å². The Kier molecular flexibility index (Phi) is 5.78. The summed E-state index contributed by atoms with van der Waals surface area (Å²) in [5, 5.41) is 13.9. The van der Waals surface area contributed by atoms with Crippen LogP contribution in [0.4, 0.5) is 11.5 Å². The largest absolute Gasteiger partial charge is 0.473 e. The Bertz CT molecular complexity index is 399. The van der Waals surface area contributed by atoms with E-state index < -0.39 is 4.92 Å². The zero-order chi connectivity index (χ0) is 13.4. The van der Waals surface area contributed by atoms with E-state index in [0.717, 1.165) is 6.42 Å². The molecule has 0 spiro atoms. The fourth-order valence-corrected chi connectivity index (χ4v) is 1.32. The van der Waals surface area contributed by atoms with Gasteiger partial charge in [0.15, 0.2) is 0 Å². The van der Waals surface area contributed by atoms with Crippen molar-refractivity contribution in [2.45, 2.75) is 13.3 Å². The van der Waals surface area contributed by atoms with E-state index in [4.69, 9.17) is 9.47 Å². The SMILES string of the molecule is CCOc1ncnc(NCCCOC)c1[N+](=O)[O-]. The number of ether oxygens (including phenoxy) is 2. The number of hydrogen-bond acceptors (Lipinski definition) is 7. The van der Waals surface area contributed by atoms with Crippen molar-refractivity contribution in [1.29, 1.82) is 0 Å². The number of nitro groups is 1. The molecule has 0 atom stereocenters. The Morgan fingerprint density at radius 2 is 2.28 bits per heavy atom. The van der Waals surface area contributed by atoms with Crippen molar-refractivity contribution in [3.8, 4) is 5.88 Å². The predicted octanol–water partition coefficient (Wildman–Crippen LogP) is 1.23. The lowest BCUT2D eigenvalue weighted by Crippen LogP contribution is -2.10. The monoisotopic (exact) mass is 256 g/mol. The third kappa shape index (κ3) is 3.81. The van der Waals surface area contributed by atoms with Crippen LogP contribution in [0.1, 0.15) is 13.3 Å². The molecular formula is C10H16N4O4. The number of aromatic nitrogens is 2. The summed E-state index contributed by atoms with van der Waals surface area (Å²) in [7, 11) is 1.60. The van der Waals surface area contributed by atoms with E-state index in [-0.39, 0.29) is 17.4 Å². The molecule has 18 heavy (non-hydrogen) atoms. The predicted molar refractivity (Wildman–Crippen MR) is 64.8 cm³/mol. The summed E-state index contributed by atoms with van der Waals surface area (Å²) in [4.78, 5) is 18.0. The lowest BCUT2D eigenvalue weighted by molar-refractivity contribution is -0.385. The van der Waals surface area contributed by atoms with E-state index in [2.05, 4.69) is 15.3 Å². The summed E-state index contributed by atoms with van der Waals surface area (Å²) in [6.07, 6.45) is 1.96. The second-order valence-electron chi connectivity index (χ2n) is 3.34. The maximum absolute atomic E-state index is 11.0. The van der Waals surface area contributed by atoms with Gasteiger partial charge in [0, 0.05) is 20.3 Å². The zero-order valence-electron chi connectivity index (χ0n) is 10.4. The molecule has 0 aliphatic carbocycles. The lowest BCUT2D eigenvalue weighted by atomic mass is 10.4. The first-order valence-electron chi connectivity index (χ1n) is 5.55. The normalized spacial score (nSPS) is 10.1. The molecule has 0 saturated heterocycles. The van der Waals surface area contributed by atoms with Gasteiger partial charge in [-0.15, -0.1) is 0 Å². The molecule has 0 radical (unpaired) electrons. The minimum Gasteiger partial charge on any atom is -0.473 e. The molecule has 0 aromatic carbocycles. The molecule has 1 aromatic rings. The van der Waals surface area contributed by atoms with Crippen LogP contribution in [0, 0.1) is 10.1 Å². The Morgan fingerprint density at radius 3 is 2.89 bits per heavy atom. The third-order valence-electron chi connectivity index (χ3n) is 2.07. The summed E-state index contributed by atoms with van der Waals surface area (Å²) in [6, 6.07) is 0. The van der Waals surface area contributed by atoms with Crippen molar-refractivity contribution in [3.63, 3.8) is 0 Å². The summed E-state index contributed by atoms with van der Waals surface area (Å²) in [6.45, 7) is 3.14. The number of rotatable bonds is 8. The quantitative estimate of drug-likeness (QED) is 0.424. The summed E-state index contributed by atoms with van der Waals surface area (Å²) in [5.41, 5.74) is -0.239. The Balaban J connectivity index is 2.82. The highest BCUT2D eigenvalue weighted by molar-refractivity contribution is 5.60. The molecule has 1 N–H and O–H groups in total. The van der Waals surface area contributed by atoms with Crippen LogP contribution in [0.15, 0.2) is 6.33 Å². The van der Waals surface area contributed by atoms with E-state index in [0.29, 0.717) is 19.8 Å². The summed E-state index contributed by atoms with van der Waals surface area (Å²) >= 11 is 0. The first kappa shape index (κ1) is 14.1. The number of hydrogen-bond donors (Lipinski definition) is 1. The van der Waals surface area contributed by atoms with Crippen LogP contribution in [0.3, 0.4) is 0 Å². The van der Waals surface area contributed by atoms with Crippen LogP contribution in [0.5, 0.6) is 5.88 Å². The average molecular weight is 256 g/mol. The molecule has 0 amide bonds. The van der Waals surface area contributed by atoms with Crippen molar-refractivity contribution in [1.82, 2.24) is 9.97 Å². The summed E-state index contributed by atoms with van der Waals surface area (Å²) < 4.78 is 10.00. The van der Waals surface area contributed by atoms with Gasteiger partial charge in [-0.25, -0.2) is 4.98 Å². The van der Waals surface area contributed by atoms with Gasteiger partial charge in [-0.2, -0.15) is 4.98 Å². The molecule has 8 nitrogen and oxygen atoms in total. The van der Waals surface area contributed by atoms with Crippen LogP contribution in [0.2, 0.25) is 0 Å². The second kappa shape index (κ2) is 7.38. The van der Waals surface area contributed by atoms with Crippen molar-refractivity contribution >= 4 is 11.5 Å². The minimum atomic E-state index is -0.552. The number of nitrogens with one attached hydrogen (secondary N) is 1. The highest BCUT2D eigenvalue weighted by atomic mass is 16.6. The zero-order valence-corrected chi connectivity index (χ0v) is 10.4. The second-order valence-corrected chi connectivity index (χ2v) is 3.34. The van der Waals surface area contributed by atoms with Gasteiger partial charge in [0.2, 0.25) is 5.82 Å². The molecule has 1 rings (SSSR count). The number of nitrogens with zero attached hydrogens (tertiary/aromatic N) is 3. The van der Waals surface area contributed by atoms with Gasteiger partial charge < -0.3 is 14.8 Å². The molecule has 0 aliphatic rings. The molecule has 100 valence electrons. The van der Waals surface area contributed by atoms with Gasteiger partial charge in [-0.1, -0.05) is 0 Å². The Hall–Kier alpha value is -1.96. The van der Waals surface area contributed by atoms with Gasteiger partial charge >= 0.3 is 5.69 Å². The van der Waals surface area contributed by atoms with Gasteiger partial charge in [0.05, 0.1) is 11.5 Å². The van der Waals surface area contributed by atoms with Crippen LogP contribution in [0.25, 0.3) is 0 Å². The Morgan fingerprint density at radius 1 is 1.50 bits per heavy atom. The van der Waals surface area contributed by atoms with Crippen molar-refractivity contribution in [2.75, 3.05) is 32.2 Å². The number of anilines is 1. The van der Waals surface area contributed by atoms with Crippen molar-refractivity contribution in [3.05, 3.63) is 16.4 Å². The standard InChI is InChI=1S/C10H16N4O4/c1-3-18-10-8(14(15)16)9(12-7-13-10)11-5-4-6-17-2/h7H,3-6H2,1-2H3,(H,11,12,13). The maximum Gasteiger partial charge on any atom is 0.372 e. The van der Waals surface area contributed by atoms with Crippen LogP contribution >= 0.6 is 0 Å². The van der Waals surface area contributed by atoms with Crippen molar-refractivity contribution in [2.24, 2.45) is 0 Å². The minimum absolute atomic E-state index is 0.0215.